The molecule has 0 aliphatic carbocycles. The van der Waals surface area contributed by atoms with Crippen LogP contribution in [0.1, 0.15) is 64.8 Å². The molecule has 3 aliphatic rings. The number of hydrogen-bond donors (Lipinski definition) is 3. The molecule has 6 heterocycles. The van der Waals surface area contributed by atoms with E-state index in [0.29, 0.717) is 78.7 Å². The molecule has 0 saturated carbocycles. The van der Waals surface area contributed by atoms with Gasteiger partial charge in [0.15, 0.2) is 66.9 Å². The van der Waals surface area contributed by atoms with E-state index in [1.165, 1.54) is 18.2 Å². The Balaban J connectivity index is 0.00000167. The van der Waals surface area contributed by atoms with Crippen LogP contribution >= 0.6 is 95.6 Å². The van der Waals surface area contributed by atoms with Crippen LogP contribution in [0.3, 0.4) is 0 Å². The lowest BCUT2D eigenvalue weighted by molar-refractivity contribution is -0.384. The van der Waals surface area contributed by atoms with E-state index >= 15 is 4.79 Å². The second kappa shape index (κ2) is 29.0. The van der Waals surface area contributed by atoms with Crippen molar-refractivity contribution in [3.63, 3.8) is 0 Å². The number of rotatable bonds is 18. The molecular weight excluding hydrogens is 1660 g/mol. The zero-order valence-electron chi connectivity index (χ0n) is 52.5. The fourth-order valence-electron chi connectivity index (χ4n) is 13.0. The van der Waals surface area contributed by atoms with Crippen molar-refractivity contribution in [1.82, 2.24) is 15.0 Å². The van der Waals surface area contributed by atoms with Crippen molar-refractivity contribution in [3.05, 3.63) is 242 Å². The van der Waals surface area contributed by atoms with Crippen LogP contribution in [-0.4, -0.2) is 92.0 Å². The van der Waals surface area contributed by atoms with Crippen molar-refractivity contribution in [2.75, 3.05) is 66.7 Å². The number of nitrogens with zero attached hydrogens (tertiary/aromatic N) is 7. The highest BCUT2D eigenvalue weighted by atomic mass is 127. The van der Waals surface area contributed by atoms with Crippen LogP contribution in [0.25, 0.3) is 32.7 Å². The maximum atomic E-state index is 15.2. The maximum Gasteiger partial charge on any atom is 0.359 e. The summed E-state index contributed by atoms with van der Waals surface area (Å²) in [6.45, 7) is 0.984. The SMILES string of the molecule is COc1ccc(C(OCN(CC(=O)N2CCc3c2ccc2[nH]c(C(=O)N4CCc5c4ccc4[nH]c(C(=O)N6CCc7c6ccc6[nH]c(C(=O)OP(F)P)cc76)cc54)cc32)c2ccc(N=Nc3ccc([N+](=O)[O-])cc3Cl)cc2)(c2ccccc2)c2ccc(OC)cc2)cc1.[2H][P+](I)(I)I. The van der Waals surface area contributed by atoms with Gasteiger partial charge in [-0.1, -0.05) is 66.2 Å². The Morgan fingerprint density at radius 1 is 0.660 bits per heavy atom. The number of hydrogen-bond acceptors (Lipinski definition) is 13. The number of benzene rings is 8. The van der Waals surface area contributed by atoms with Crippen LogP contribution in [0.5, 0.6) is 11.5 Å². The summed E-state index contributed by atoms with van der Waals surface area (Å²) in [7, 11) is 2.61. The van der Waals surface area contributed by atoms with Gasteiger partial charge in [0.05, 0.1) is 36.4 Å². The largest absolute Gasteiger partial charge is 0.497 e. The number of fused-ring (bicyclic) bond motifs is 9. The Labute approximate surface area is 604 Å². The van der Waals surface area contributed by atoms with E-state index in [1.54, 1.807) is 53.2 Å². The predicted molar refractivity (Wildman–Crippen MR) is 410 cm³/mol. The van der Waals surface area contributed by atoms with E-state index in [-0.39, 0.29) is 53.1 Å². The van der Waals surface area contributed by atoms with Crippen LogP contribution in [0.15, 0.2) is 186 Å². The van der Waals surface area contributed by atoms with Crippen LogP contribution < -0.4 is 29.1 Å². The van der Waals surface area contributed by atoms with E-state index in [4.69, 9.17) is 31.6 Å². The zero-order chi connectivity index (χ0) is 68.7. The average Bonchev–Trinajstić information content (AvgIpc) is 0.932. The molecule has 3 N–H and O–H groups in total. The molecule has 0 radical (unpaired) electrons. The third kappa shape index (κ3) is 13.8. The van der Waals surface area contributed by atoms with E-state index in [2.05, 4.69) is 91.3 Å². The van der Waals surface area contributed by atoms with Crippen molar-refractivity contribution in [2.24, 2.45) is 10.2 Å². The van der Waals surface area contributed by atoms with Crippen LogP contribution in [0, 0.1) is 10.1 Å². The molecule has 0 spiro atoms. The van der Waals surface area contributed by atoms with E-state index in [9.17, 15) is 28.7 Å². The summed E-state index contributed by atoms with van der Waals surface area (Å²) in [4.78, 5) is 84.4. The van der Waals surface area contributed by atoms with Crippen LogP contribution in [0.2, 0.25) is 5.02 Å². The molecule has 3 aliphatic heterocycles. The van der Waals surface area contributed by atoms with Gasteiger partial charge in [-0.15, -0.1) is 5.11 Å². The molecule has 0 saturated heterocycles. The second-order valence-corrected chi connectivity index (χ2v) is 50.8. The first kappa shape index (κ1) is 66.5. The number of azo groups is 1. The highest BCUT2D eigenvalue weighted by Gasteiger charge is 2.40. The molecule has 2 unspecified atom stereocenters. The highest BCUT2D eigenvalue weighted by molar-refractivity contribution is 14.4. The normalized spacial score (nSPS) is 13.9. The second-order valence-electron chi connectivity index (χ2n) is 22.8. The van der Waals surface area contributed by atoms with Crippen LogP contribution in [-0.2, 0) is 38.9 Å². The summed E-state index contributed by atoms with van der Waals surface area (Å²) in [6.07, 6.45) is 1.65. The molecule has 3 amide bonds. The summed E-state index contributed by atoms with van der Waals surface area (Å²) < 4.78 is 42.7. The minimum Gasteiger partial charge on any atom is -0.497 e. The van der Waals surface area contributed by atoms with Gasteiger partial charge in [0, 0.05) is 87.2 Å². The number of nitro benzene ring substituents is 1. The Morgan fingerprint density at radius 3 is 1.60 bits per heavy atom. The van der Waals surface area contributed by atoms with Crippen molar-refractivity contribution < 1.29 is 47.0 Å². The molecule has 0 fully saturated rings. The van der Waals surface area contributed by atoms with Gasteiger partial charge < -0.3 is 53.3 Å². The minimum absolute atomic E-state index is 0.0700. The fourth-order valence-corrected chi connectivity index (χ4v) is 13.8. The standard InChI is InChI=1S/C69H56ClFN10O10P2.I3P/c1-88-46-17-8-41(9-18-46)69(40-6-4-3-5-7-40,42-10-19-47(89-2)20-11-42)90-39-77(44-14-12-43(13-15-44)75-76-58-21-16-45(81(86)87)34-54(58)70)38-65(82)78-31-28-48-51-35-59(72-55(51)22-25-62(48)78)66(83)79-32-29-49-52-36-60(73-56(52)23-26-63(49)79)67(84)80-33-30-50-53-37-61(68(85)91-93(71)92)74-57(53)24-27-64(50)80;1-4(2)3/h3-27,34-37,72-74H,28-33,38-39,92H2,1-2H3;/p+1/i/hD. The summed E-state index contributed by atoms with van der Waals surface area (Å²) in [5, 5.41) is 22.5. The maximum absolute atomic E-state index is 15.2. The smallest absolute Gasteiger partial charge is 0.359 e. The van der Waals surface area contributed by atoms with Gasteiger partial charge in [-0.25, -0.2) is 4.79 Å². The molecule has 28 heteroatoms. The number of amides is 3. The molecule has 3 aromatic heterocycles. The summed E-state index contributed by atoms with van der Waals surface area (Å²) >= 11 is 12.7. The highest BCUT2D eigenvalue weighted by Crippen LogP contribution is 2.61. The number of H-pyrrole nitrogens is 3. The molecule has 11 aromatic rings. The first-order valence-electron chi connectivity index (χ1n) is 30.6. The van der Waals surface area contributed by atoms with Crippen molar-refractivity contribution >= 4 is 192 Å². The number of carbonyl (C=O) groups excluding carboxylic acids is 4. The Bertz CT molecular complexity index is 4920. The quantitative estimate of drug-likeness (QED) is 0.0139. The molecule has 20 nitrogen and oxygen atoms in total. The third-order valence-corrected chi connectivity index (χ3v) is 18.5. The third-order valence-electron chi connectivity index (χ3n) is 17.5. The summed E-state index contributed by atoms with van der Waals surface area (Å²) in [5.41, 5.74) is 10.4. The first-order chi connectivity index (χ1) is 47.2. The van der Waals surface area contributed by atoms with Gasteiger partial charge in [-0.3, -0.25) is 24.5 Å². The molecule has 8 aromatic carbocycles. The molecule has 0 bridgehead atoms. The molecule has 492 valence electrons. The minimum atomic E-state index is -2.47. The van der Waals surface area contributed by atoms with Crippen molar-refractivity contribution in [1.29, 1.82) is 1.28 Å². The predicted octanol–water partition coefficient (Wildman–Crippen LogP) is 18.4. The number of carbonyl (C=O) groups is 4. The number of aromatic amines is 3. The average molecular weight is 1720 g/mol. The number of aromatic nitrogens is 3. The number of halogens is 5. The number of anilines is 4. The number of nitrogens with one attached hydrogen (secondary N) is 3. The molecule has 14 rings (SSSR count). The van der Waals surface area contributed by atoms with E-state index < -0.39 is 25.4 Å². The van der Waals surface area contributed by atoms with Gasteiger partial charge in [0.2, 0.25) is 5.91 Å². The Morgan fingerprint density at radius 2 is 1.12 bits per heavy atom. The number of methoxy groups -OCH3 is 2. The van der Waals surface area contributed by atoms with E-state index in [0.717, 1.165) is 77.6 Å². The Hall–Kier alpha value is -7.68. The molecule has 2 atom stereocenters. The van der Waals surface area contributed by atoms with Gasteiger partial charge in [-0.05, 0) is 171 Å². The van der Waals surface area contributed by atoms with Gasteiger partial charge in [0.25, 0.3) is 26.9 Å². The number of ether oxygens (including phenoxy) is 3. The lowest BCUT2D eigenvalue weighted by atomic mass is 9.80. The topological polar surface area (TPSA) is 233 Å². The summed E-state index contributed by atoms with van der Waals surface area (Å²) in [6, 6.07) is 52.9. The van der Waals surface area contributed by atoms with Gasteiger partial charge in [-0.2, -0.15) is 9.31 Å². The molecule has 97 heavy (non-hydrogen) atoms. The first-order valence-corrected chi connectivity index (χ1v) is 43.0. The van der Waals surface area contributed by atoms with Crippen LogP contribution in [0.4, 0.5) is 44.0 Å². The van der Waals surface area contributed by atoms with E-state index in [1.807, 2.05) is 147 Å². The number of non-ortho nitro benzene ring substituents is 1. The lowest BCUT2D eigenvalue weighted by Crippen LogP contribution is -2.43. The van der Waals surface area contributed by atoms with Crippen molar-refractivity contribution in [3.8, 4) is 11.5 Å². The van der Waals surface area contributed by atoms with Gasteiger partial charge >= 0.3 is 5.97 Å². The fraction of sp³-hybridized carbons (Fsp3) is 0.159. The monoisotopic (exact) mass is 1710 g/mol. The summed E-state index contributed by atoms with van der Waals surface area (Å²) in [5.74, 6) is -0.119. The van der Waals surface area contributed by atoms with Crippen molar-refractivity contribution in [2.45, 2.75) is 24.9 Å². The number of nitro groups is 1. The lowest BCUT2D eigenvalue weighted by Gasteiger charge is -2.38. The zero-order valence-corrected chi connectivity index (χ0v) is 61.6. The Kier molecular flexibility index (Phi) is 19.9. The van der Waals surface area contributed by atoms with Gasteiger partial charge in [0.1, 0.15) is 46.6 Å². The molecular formula is C69H57ClFI3N10O10P3+.